The molecule has 1 atom stereocenters. The summed E-state index contributed by atoms with van der Waals surface area (Å²) in [5.74, 6) is -0.183. The Balaban J connectivity index is 1.68. The minimum Gasteiger partial charge on any atom is -0.406 e. The van der Waals surface area contributed by atoms with Crippen LogP contribution in [0.5, 0.6) is 5.75 Å². The molecule has 3 rings (SSSR count). The normalized spacial score (nSPS) is 17.6. The van der Waals surface area contributed by atoms with E-state index in [9.17, 15) is 13.2 Å². The molecule has 128 valence electrons. The van der Waals surface area contributed by atoms with E-state index in [0.29, 0.717) is 12.6 Å². The average molecular weight is 335 g/mol. The maximum absolute atomic E-state index is 12.2. The summed E-state index contributed by atoms with van der Waals surface area (Å²) >= 11 is 0. The molecule has 0 bridgehead atoms. The molecule has 0 radical (unpaired) electrons. The topological polar surface area (TPSA) is 12.5 Å². The fourth-order valence-electron chi connectivity index (χ4n) is 3.38. The van der Waals surface area contributed by atoms with Crippen molar-refractivity contribution in [3.05, 3.63) is 65.2 Å². The Morgan fingerprint density at radius 2 is 1.79 bits per heavy atom. The first-order valence-corrected chi connectivity index (χ1v) is 8.05. The molecule has 0 amide bonds. The van der Waals surface area contributed by atoms with Crippen LogP contribution in [-0.4, -0.2) is 18.3 Å². The Labute approximate surface area is 139 Å². The molecule has 0 aromatic heterocycles. The largest absolute Gasteiger partial charge is 0.573 e. The van der Waals surface area contributed by atoms with E-state index < -0.39 is 6.36 Å². The minimum atomic E-state index is -4.65. The molecule has 1 aliphatic carbocycles. The third kappa shape index (κ3) is 4.09. The number of aryl methyl sites for hydroxylation is 1. The molecular formula is C19H20F3NO. The molecule has 5 heteroatoms. The van der Waals surface area contributed by atoms with Gasteiger partial charge in [0.1, 0.15) is 5.75 Å². The summed E-state index contributed by atoms with van der Waals surface area (Å²) < 4.78 is 40.5. The summed E-state index contributed by atoms with van der Waals surface area (Å²) in [4.78, 5) is 2.26. The Hall–Kier alpha value is -2.01. The molecule has 0 saturated carbocycles. The highest BCUT2D eigenvalue weighted by Crippen LogP contribution is 2.34. The standard InChI is InChI=1S/C19H20F3NO/c1-23(18-8-4-6-15-5-2-3-7-17(15)18)13-14-9-11-16(12-10-14)24-19(20,21)22/h2-3,5,7,9-12,18H,4,6,8,13H2,1H3. The van der Waals surface area contributed by atoms with Crippen molar-refractivity contribution in [3.8, 4) is 5.75 Å². The lowest BCUT2D eigenvalue weighted by Crippen LogP contribution is -2.27. The fraction of sp³-hybridized carbons (Fsp3) is 0.368. The van der Waals surface area contributed by atoms with E-state index in [1.165, 1.54) is 23.3 Å². The van der Waals surface area contributed by atoms with E-state index in [2.05, 4.69) is 40.9 Å². The quantitative estimate of drug-likeness (QED) is 0.771. The lowest BCUT2D eigenvalue weighted by Gasteiger charge is -2.33. The van der Waals surface area contributed by atoms with Crippen LogP contribution >= 0.6 is 0 Å². The third-order valence-electron chi connectivity index (χ3n) is 4.46. The zero-order valence-corrected chi connectivity index (χ0v) is 13.5. The van der Waals surface area contributed by atoms with Gasteiger partial charge in [0, 0.05) is 12.6 Å². The second-order valence-corrected chi connectivity index (χ2v) is 6.21. The van der Waals surface area contributed by atoms with E-state index in [4.69, 9.17) is 0 Å². The SMILES string of the molecule is CN(Cc1ccc(OC(F)(F)F)cc1)C1CCCc2ccccc21. The molecule has 1 unspecified atom stereocenters. The summed E-state index contributed by atoms with van der Waals surface area (Å²) in [6.07, 6.45) is -1.28. The summed E-state index contributed by atoms with van der Waals surface area (Å²) in [7, 11) is 2.06. The first-order chi connectivity index (χ1) is 11.4. The number of ether oxygens (including phenoxy) is 1. The Morgan fingerprint density at radius 1 is 1.08 bits per heavy atom. The molecule has 1 aliphatic rings. The summed E-state index contributed by atoms with van der Waals surface area (Å²) in [6, 6.07) is 14.9. The predicted molar refractivity (Wildman–Crippen MR) is 86.7 cm³/mol. The maximum Gasteiger partial charge on any atom is 0.573 e. The van der Waals surface area contributed by atoms with Crippen LogP contribution in [0.2, 0.25) is 0 Å². The summed E-state index contributed by atoms with van der Waals surface area (Å²) in [6.45, 7) is 0.686. The number of alkyl halides is 3. The second kappa shape index (κ2) is 6.85. The Bertz CT molecular complexity index is 682. The predicted octanol–water partition coefficient (Wildman–Crippen LogP) is 5.09. The maximum atomic E-state index is 12.2. The van der Waals surface area contributed by atoms with Crippen LogP contribution in [0.15, 0.2) is 48.5 Å². The van der Waals surface area contributed by atoms with Crippen molar-refractivity contribution < 1.29 is 17.9 Å². The van der Waals surface area contributed by atoms with Crippen molar-refractivity contribution >= 4 is 0 Å². The van der Waals surface area contributed by atoms with Crippen LogP contribution < -0.4 is 4.74 Å². The average Bonchev–Trinajstić information content (AvgIpc) is 2.55. The van der Waals surface area contributed by atoms with Gasteiger partial charge in [0.25, 0.3) is 0 Å². The zero-order valence-electron chi connectivity index (χ0n) is 13.5. The third-order valence-corrected chi connectivity index (χ3v) is 4.46. The van der Waals surface area contributed by atoms with Crippen LogP contribution in [0.4, 0.5) is 13.2 Å². The molecule has 24 heavy (non-hydrogen) atoms. The molecule has 0 N–H and O–H groups in total. The minimum absolute atomic E-state index is 0.183. The van der Waals surface area contributed by atoms with E-state index in [1.54, 1.807) is 12.1 Å². The number of hydrogen-bond acceptors (Lipinski definition) is 2. The number of hydrogen-bond donors (Lipinski definition) is 0. The van der Waals surface area contributed by atoms with Crippen LogP contribution in [0.1, 0.15) is 35.6 Å². The Kier molecular flexibility index (Phi) is 4.81. The molecular weight excluding hydrogens is 315 g/mol. The van der Waals surface area contributed by atoms with E-state index in [-0.39, 0.29) is 5.75 Å². The van der Waals surface area contributed by atoms with Gasteiger partial charge < -0.3 is 4.74 Å². The number of halogens is 3. The van der Waals surface area contributed by atoms with Crippen molar-refractivity contribution in [1.82, 2.24) is 4.90 Å². The number of nitrogens with zero attached hydrogens (tertiary/aromatic N) is 1. The van der Waals surface area contributed by atoms with Gasteiger partial charge in [-0.15, -0.1) is 13.2 Å². The zero-order chi connectivity index (χ0) is 17.2. The fourth-order valence-corrected chi connectivity index (χ4v) is 3.38. The van der Waals surface area contributed by atoms with Gasteiger partial charge in [0.15, 0.2) is 0 Å². The first-order valence-electron chi connectivity index (χ1n) is 8.05. The molecule has 0 aliphatic heterocycles. The molecule has 2 nitrogen and oxygen atoms in total. The van der Waals surface area contributed by atoms with Gasteiger partial charge in [-0.3, -0.25) is 4.90 Å². The lowest BCUT2D eigenvalue weighted by atomic mass is 9.87. The summed E-state index contributed by atoms with van der Waals surface area (Å²) in [5, 5.41) is 0. The van der Waals surface area contributed by atoms with Crippen molar-refractivity contribution in [2.75, 3.05) is 7.05 Å². The van der Waals surface area contributed by atoms with Gasteiger partial charge in [-0.25, -0.2) is 0 Å². The molecule has 0 spiro atoms. The van der Waals surface area contributed by atoms with Gasteiger partial charge >= 0.3 is 6.36 Å². The van der Waals surface area contributed by atoms with Crippen LogP contribution in [0.25, 0.3) is 0 Å². The van der Waals surface area contributed by atoms with Gasteiger partial charge in [0.2, 0.25) is 0 Å². The first kappa shape index (κ1) is 16.8. The smallest absolute Gasteiger partial charge is 0.406 e. The van der Waals surface area contributed by atoms with Crippen LogP contribution in [-0.2, 0) is 13.0 Å². The monoisotopic (exact) mass is 335 g/mol. The van der Waals surface area contributed by atoms with Gasteiger partial charge in [-0.2, -0.15) is 0 Å². The van der Waals surface area contributed by atoms with E-state index >= 15 is 0 Å². The highest BCUT2D eigenvalue weighted by atomic mass is 19.4. The van der Waals surface area contributed by atoms with Crippen molar-refractivity contribution in [3.63, 3.8) is 0 Å². The van der Waals surface area contributed by atoms with Crippen LogP contribution in [0.3, 0.4) is 0 Å². The number of benzene rings is 2. The lowest BCUT2D eigenvalue weighted by molar-refractivity contribution is -0.274. The van der Waals surface area contributed by atoms with Crippen molar-refractivity contribution in [2.24, 2.45) is 0 Å². The molecule has 0 heterocycles. The summed E-state index contributed by atoms with van der Waals surface area (Å²) in [5.41, 5.74) is 3.73. The van der Waals surface area contributed by atoms with Crippen molar-refractivity contribution in [2.45, 2.75) is 38.2 Å². The molecule has 0 saturated heterocycles. The molecule has 2 aromatic carbocycles. The van der Waals surface area contributed by atoms with Gasteiger partial charge in [-0.1, -0.05) is 36.4 Å². The van der Waals surface area contributed by atoms with E-state index in [1.807, 2.05) is 0 Å². The van der Waals surface area contributed by atoms with Crippen molar-refractivity contribution in [1.29, 1.82) is 0 Å². The van der Waals surface area contributed by atoms with Crippen LogP contribution in [0, 0.1) is 0 Å². The second-order valence-electron chi connectivity index (χ2n) is 6.21. The molecule has 2 aromatic rings. The molecule has 0 fully saturated rings. The highest BCUT2D eigenvalue weighted by molar-refractivity contribution is 5.33. The van der Waals surface area contributed by atoms with Gasteiger partial charge in [0.05, 0.1) is 0 Å². The van der Waals surface area contributed by atoms with Gasteiger partial charge in [-0.05, 0) is 55.1 Å². The Morgan fingerprint density at radius 3 is 2.50 bits per heavy atom. The number of rotatable bonds is 4. The highest BCUT2D eigenvalue weighted by Gasteiger charge is 2.31. The number of fused-ring (bicyclic) bond motifs is 1. The van der Waals surface area contributed by atoms with E-state index in [0.717, 1.165) is 24.8 Å².